The van der Waals surface area contributed by atoms with E-state index in [1.165, 1.54) is 4.68 Å². The summed E-state index contributed by atoms with van der Waals surface area (Å²) in [5.74, 6) is -1.11. The van der Waals surface area contributed by atoms with Crippen molar-refractivity contribution in [1.29, 1.82) is 0 Å². The van der Waals surface area contributed by atoms with Crippen molar-refractivity contribution in [2.75, 3.05) is 13.7 Å². The van der Waals surface area contributed by atoms with Gasteiger partial charge in [-0.05, 0) is 12.1 Å². The maximum Gasteiger partial charge on any atom is 0.358 e. The molecule has 0 aliphatic heterocycles. The number of carboxylic acid groups (broad SMARTS) is 1. The van der Waals surface area contributed by atoms with Crippen LogP contribution >= 0.6 is 0 Å². The number of hydrogen-bond donors (Lipinski definition) is 1. The van der Waals surface area contributed by atoms with Gasteiger partial charge in [0.25, 0.3) is 0 Å². The minimum absolute atomic E-state index is 0.0719. The summed E-state index contributed by atoms with van der Waals surface area (Å²) in [6.45, 7) is 0.870. The van der Waals surface area contributed by atoms with E-state index in [1.54, 1.807) is 31.6 Å². The van der Waals surface area contributed by atoms with Crippen LogP contribution < -0.4 is 0 Å². The highest BCUT2D eigenvalue weighted by atomic mass is 16.5. The number of hydrogen-bond acceptors (Lipinski definition) is 5. The maximum absolute atomic E-state index is 11.1. The minimum atomic E-state index is -1.11. The van der Waals surface area contributed by atoms with Gasteiger partial charge in [-0.1, -0.05) is 5.21 Å². The highest BCUT2D eigenvalue weighted by Crippen LogP contribution is 2.21. The lowest BCUT2D eigenvalue weighted by atomic mass is 10.1. The number of pyridine rings is 1. The summed E-state index contributed by atoms with van der Waals surface area (Å²) in [6, 6.07) is 3.43. The van der Waals surface area contributed by atoms with Gasteiger partial charge in [-0.15, -0.1) is 5.10 Å². The van der Waals surface area contributed by atoms with Crippen LogP contribution in [0.25, 0.3) is 11.3 Å². The van der Waals surface area contributed by atoms with E-state index in [0.717, 1.165) is 0 Å². The van der Waals surface area contributed by atoms with Crippen LogP contribution in [0.2, 0.25) is 0 Å². The summed E-state index contributed by atoms with van der Waals surface area (Å²) in [6.07, 6.45) is 3.18. The predicted molar refractivity (Wildman–Crippen MR) is 62.1 cm³/mol. The second kappa shape index (κ2) is 5.37. The number of aromatic carboxylic acids is 1. The van der Waals surface area contributed by atoms with Crippen molar-refractivity contribution in [2.45, 2.75) is 6.54 Å². The summed E-state index contributed by atoms with van der Waals surface area (Å²) in [5.41, 5.74) is 1.10. The molecule has 2 aromatic heterocycles. The first kappa shape index (κ1) is 12.2. The zero-order valence-corrected chi connectivity index (χ0v) is 9.78. The summed E-state index contributed by atoms with van der Waals surface area (Å²) in [7, 11) is 1.57. The lowest BCUT2D eigenvalue weighted by molar-refractivity contribution is 0.0691. The standard InChI is InChI=1S/C11H12N4O3/c1-18-7-6-15-10(8-2-4-12-5-3-8)9(11(16)17)13-14-15/h2-5H,6-7H2,1H3,(H,16,17). The fraction of sp³-hybridized carbons (Fsp3) is 0.273. The molecule has 7 nitrogen and oxygen atoms in total. The number of nitrogens with zero attached hydrogens (tertiary/aromatic N) is 4. The molecule has 2 aromatic rings. The number of ether oxygens (including phenoxy) is 1. The number of aromatic nitrogens is 4. The van der Waals surface area contributed by atoms with Crippen LogP contribution in [0, 0.1) is 0 Å². The summed E-state index contributed by atoms with van der Waals surface area (Å²) >= 11 is 0. The lowest BCUT2D eigenvalue weighted by Gasteiger charge is -2.06. The van der Waals surface area contributed by atoms with Crippen LogP contribution in [0.3, 0.4) is 0 Å². The van der Waals surface area contributed by atoms with Crippen LogP contribution in [0.4, 0.5) is 0 Å². The van der Waals surface area contributed by atoms with E-state index in [4.69, 9.17) is 9.84 Å². The van der Waals surface area contributed by atoms with Gasteiger partial charge in [0.05, 0.1) is 13.2 Å². The van der Waals surface area contributed by atoms with Crippen LogP contribution in [0.15, 0.2) is 24.5 Å². The van der Waals surface area contributed by atoms with E-state index in [0.29, 0.717) is 24.4 Å². The summed E-state index contributed by atoms with van der Waals surface area (Å²) < 4.78 is 6.47. The molecule has 0 saturated heterocycles. The molecule has 0 aromatic carbocycles. The number of carbonyl (C=O) groups is 1. The molecule has 0 unspecified atom stereocenters. The van der Waals surface area contributed by atoms with Gasteiger partial charge in [0.15, 0.2) is 5.69 Å². The highest BCUT2D eigenvalue weighted by Gasteiger charge is 2.20. The second-order valence-electron chi connectivity index (χ2n) is 3.54. The van der Waals surface area contributed by atoms with Gasteiger partial charge in [0, 0.05) is 25.1 Å². The quantitative estimate of drug-likeness (QED) is 0.837. The normalized spacial score (nSPS) is 10.5. The summed E-state index contributed by atoms with van der Waals surface area (Å²) in [4.78, 5) is 15.0. The van der Waals surface area contributed by atoms with Crippen LogP contribution in [-0.2, 0) is 11.3 Å². The Morgan fingerprint density at radius 1 is 1.44 bits per heavy atom. The molecule has 94 valence electrons. The van der Waals surface area contributed by atoms with Crippen molar-refractivity contribution in [3.8, 4) is 11.3 Å². The molecule has 1 N–H and O–H groups in total. The van der Waals surface area contributed by atoms with Gasteiger partial charge < -0.3 is 9.84 Å². The minimum Gasteiger partial charge on any atom is -0.476 e. The van der Waals surface area contributed by atoms with E-state index >= 15 is 0 Å². The Balaban J connectivity index is 2.47. The Bertz CT molecular complexity index is 538. The van der Waals surface area contributed by atoms with Crippen molar-refractivity contribution in [3.05, 3.63) is 30.2 Å². The van der Waals surface area contributed by atoms with E-state index < -0.39 is 5.97 Å². The molecule has 18 heavy (non-hydrogen) atoms. The third kappa shape index (κ3) is 2.35. The maximum atomic E-state index is 11.1. The fourth-order valence-corrected chi connectivity index (χ4v) is 1.59. The Labute approximate surface area is 103 Å². The Hall–Kier alpha value is -2.28. The molecule has 0 bridgehead atoms. The molecule has 0 aliphatic rings. The van der Waals surface area contributed by atoms with Crippen molar-refractivity contribution >= 4 is 5.97 Å². The van der Waals surface area contributed by atoms with Crippen LogP contribution in [-0.4, -0.2) is 44.8 Å². The molecule has 0 spiro atoms. The van der Waals surface area contributed by atoms with Crippen molar-refractivity contribution in [3.63, 3.8) is 0 Å². The van der Waals surface area contributed by atoms with Gasteiger partial charge in [-0.3, -0.25) is 4.98 Å². The zero-order valence-electron chi connectivity index (χ0n) is 9.78. The molecule has 0 saturated carbocycles. The molecule has 0 radical (unpaired) electrons. The third-order valence-corrected chi connectivity index (χ3v) is 2.40. The van der Waals surface area contributed by atoms with Gasteiger partial charge in [-0.2, -0.15) is 0 Å². The number of rotatable bonds is 5. The molecule has 2 heterocycles. The Kier molecular flexibility index (Phi) is 3.63. The van der Waals surface area contributed by atoms with Crippen molar-refractivity contribution in [2.24, 2.45) is 0 Å². The number of carboxylic acids is 1. The van der Waals surface area contributed by atoms with Gasteiger partial charge in [0.1, 0.15) is 5.69 Å². The molecule has 0 aliphatic carbocycles. The first-order chi connectivity index (χ1) is 8.74. The monoisotopic (exact) mass is 248 g/mol. The van der Waals surface area contributed by atoms with E-state index in [-0.39, 0.29) is 5.69 Å². The third-order valence-electron chi connectivity index (χ3n) is 2.40. The first-order valence-corrected chi connectivity index (χ1v) is 5.30. The highest BCUT2D eigenvalue weighted by molar-refractivity contribution is 5.92. The van der Waals surface area contributed by atoms with E-state index in [9.17, 15) is 4.79 Å². The van der Waals surface area contributed by atoms with E-state index in [2.05, 4.69) is 15.3 Å². The Morgan fingerprint density at radius 2 is 2.17 bits per heavy atom. The van der Waals surface area contributed by atoms with E-state index in [1.807, 2.05) is 0 Å². The topological polar surface area (TPSA) is 90.1 Å². The molecule has 2 rings (SSSR count). The average Bonchev–Trinajstić information content (AvgIpc) is 2.81. The largest absolute Gasteiger partial charge is 0.476 e. The van der Waals surface area contributed by atoms with Gasteiger partial charge >= 0.3 is 5.97 Å². The summed E-state index contributed by atoms with van der Waals surface area (Å²) in [5, 5.41) is 16.6. The van der Waals surface area contributed by atoms with Crippen LogP contribution in [0.1, 0.15) is 10.5 Å². The Morgan fingerprint density at radius 3 is 2.78 bits per heavy atom. The SMILES string of the molecule is COCCn1nnc(C(=O)O)c1-c1ccncc1. The second-order valence-corrected chi connectivity index (χ2v) is 3.54. The smallest absolute Gasteiger partial charge is 0.358 e. The zero-order chi connectivity index (χ0) is 13.0. The molecule has 0 fully saturated rings. The fourth-order valence-electron chi connectivity index (χ4n) is 1.59. The molecule has 0 amide bonds. The van der Waals surface area contributed by atoms with Crippen molar-refractivity contribution < 1.29 is 14.6 Å². The molecular weight excluding hydrogens is 236 g/mol. The lowest BCUT2D eigenvalue weighted by Crippen LogP contribution is -2.08. The number of methoxy groups -OCH3 is 1. The van der Waals surface area contributed by atoms with Crippen molar-refractivity contribution in [1.82, 2.24) is 20.0 Å². The average molecular weight is 248 g/mol. The first-order valence-electron chi connectivity index (χ1n) is 5.30. The van der Waals surface area contributed by atoms with Gasteiger partial charge in [0.2, 0.25) is 0 Å². The molecule has 7 heteroatoms. The molecular formula is C11H12N4O3. The predicted octanol–water partition coefficient (Wildman–Crippen LogP) is 0.685. The molecule has 0 atom stereocenters. The van der Waals surface area contributed by atoms with Gasteiger partial charge in [-0.25, -0.2) is 9.48 Å². The van der Waals surface area contributed by atoms with Crippen LogP contribution in [0.5, 0.6) is 0 Å².